The molecule has 0 radical (unpaired) electrons. The summed E-state index contributed by atoms with van der Waals surface area (Å²) in [5, 5.41) is 10.4. The lowest BCUT2D eigenvalue weighted by Gasteiger charge is -2.37. The molecule has 4 heteroatoms. The van der Waals surface area contributed by atoms with Crippen molar-refractivity contribution < 1.29 is 9.84 Å². The van der Waals surface area contributed by atoms with Gasteiger partial charge in [-0.1, -0.05) is 12.1 Å². The number of para-hydroxylation sites is 1. The molecule has 0 spiro atoms. The summed E-state index contributed by atoms with van der Waals surface area (Å²) in [4.78, 5) is 4.56. The van der Waals surface area contributed by atoms with Crippen LogP contribution in [0.2, 0.25) is 0 Å². The number of aromatic nitrogens is 1. The molecular weight excluding hydrogens is 210 g/mol. The fraction of sp³-hybridized carbons (Fsp3) is 0.364. The summed E-state index contributed by atoms with van der Waals surface area (Å²) in [5.41, 5.74) is 0.779. The average molecular weight is 221 g/mol. The van der Waals surface area contributed by atoms with E-state index in [1.54, 1.807) is 11.3 Å². The second kappa shape index (κ2) is 3.27. The Bertz CT molecular complexity index is 452. The van der Waals surface area contributed by atoms with Crippen LogP contribution in [0, 0.1) is 0 Å². The van der Waals surface area contributed by atoms with Crippen molar-refractivity contribution in [2.75, 3.05) is 19.8 Å². The van der Waals surface area contributed by atoms with Gasteiger partial charge in [0, 0.05) is 0 Å². The molecule has 1 N–H and O–H groups in total. The summed E-state index contributed by atoms with van der Waals surface area (Å²) in [6.45, 7) is 1.29. The number of thiazole rings is 1. The van der Waals surface area contributed by atoms with E-state index in [4.69, 9.17) is 4.74 Å². The smallest absolute Gasteiger partial charge is 0.107 e. The van der Waals surface area contributed by atoms with Gasteiger partial charge in [-0.3, -0.25) is 0 Å². The van der Waals surface area contributed by atoms with E-state index in [2.05, 4.69) is 11.1 Å². The largest absolute Gasteiger partial charge is 0.395 e. The monoisotopic (exact) mass is 221 g/mol. The predicted octanol–water partition coefficient (Wildman–Crippen LogP) is 1.56. The molecule has 1 aromatic heterocycles. The molecule has 1 fully saturated rings. The second-order valence-corrected chi connectivity index (χ2v) is 4.95. The molecule has 1 aliphatic heterocycles. The van der Waals surface area contributed by atoms with Crippen LogP contribution in [-0.4, -0.2) is 29.9 Å². The number of aliphatic hydroxyl groups is 1. The van der Waals surface area contributed by atoms with Gasteiger partial charge in [-0.15, -0.1) is 11.3 Å². The third-order valence-electron chi connectivity index (χ3n) is 2.81. The zero-order valence-corrected chi connectivity index (χ0v) is 8.96. The third-order valence-corrected chi connectivity index (χ3v) is 4.09. The van der Waals surface area contributed by atoms with E-state index in [1.165, 1.54) is 4.70 Å². The highest BCUT2D eigenvalue weighted by atomic mass is 32.1. The lowest BCUT2D eigenvalue weighted by molar-refractivity contribution is -0.0841. The van der Waals surface area contributed by atoms with Crippen molar-refractivity contribution in [3.8, 4) is 0 Å². The Hall–Kier alpha value is -0.970. The first-order valence-electron chi connectivity index (χ1n) is 4.89. The number of benzene rings is 1. The number of nitrogens with zero attached hydrogens (tertiary/aromatic N) is 1. The minimum absolute atomic E-state index is 0.118. The molecule has 0 atom stereocenters. The van der Waals surface area contributed by atoms with Gasteiger partial charge in [-0.05, 0) is 12.1 Å². The zero-order chi connectivity index (χ0) is 10.3. The Kier molecular flexibility index (Phi) is 2.02. The number of rotatable bonds is 2. The summed E-state index contributed by atoms with van der Waals surface area (Å²) in [6.07, 6.45) is 0. The van der Waals surface area contributed by atoms with E-state index in [9.17, 15) is 5.11 Å². The summed E-state index contributed by atoms with van der Waals surface area (Å²) in [7, 11) is 0. The van der Waals surface area contributed by atoms with Crippen LogP contribution >= 0.6 is 11.3 Å². The van der Waals surface area contributed by atoms with Gasteiger partial charge >= 0.3 is 0 Å². The fourth-order valence-corrected chi connectivity index (χ4v) is 2.85. The molecule has 0 amide bonds. The van der Waals surface area contributed by atoms with Crippen molar-refractivity contribution in [3.05, 3.63) is 29.3 Å². The van der Waals surface area contributed by atoms with Crippen LogP contribution in [0.5, 0.6) is 0 Å². The molecular formula is C11H11NO2S. The second-order valence-electron chi connectivity index (χ2n) is 3.92. The molecule has 3 nitrogen and oxygen atoms in total. The van der Waals surface area contributed by atoms with Gasteiger partial charge in [0.15, 0.2) is 0 Å². The van der Waals surface area contributed by atoms with Crippen molar-refractivity contribution in [2.24, 2.45) is 0 Å². The Morgan fingerprint density at radius 2 is 2.20 bits per heavy atom. The molecule has 15 heavy (non-hydrogen) atoms. The Labute approximate surface area is 91.3 Å². The maximum absolute atomic E-state index is 9.40. The van der Waals surface area contributed by atoms with Crippen LogP contribution in [0.3, 0.4) is 0 Å². The average Bonchev–Trinajstić information content (AvgIpc) is 2.60. The predicted molar refractivity (Wildman–Crippen MR) is 59.2 cm³/mol. The highest BCUT2D eigenvalue weighted by Gasteiger charge is 2.42. The molecule has 1 saturated heterocycles. The SMILES string of the molecule is OCC1(c2nc3ccccc3s2)COC1. The number of fused-ring (bicyclic) bond motifs is 1. The van der Waals surface area contributed by atoms with Crippen LogP contribution < -0.4 is 0 Å². The lowest BCUT2D eigenvalue weighted by atomic mass is 9.88. The van der Waals surface area contributed by atoms with E-state index in [-0.39, 0.29) is 12.0 Å². The van der Waals surface area contributed by atoms with Crippen molar-refractivity contribution in [1.29, 1.82) is 0 Å². The molecule has 0 aliphatic carbocycles. The van der Waals surface area contributed by atoms with Gasteiger partial charge in [-0.2, -0.15) is 0 Å². The minimum Gasteiger partial charge on any atom is -0.395 e. The maximum Gasteiger partial charge on any atom is 0.107 e. The quantitative estimate of drug-likeness (QED) is 0.836. The standard InChI is InChI=1S/C11H11NO2S/c13-5-11(6-14-7-11)10-12-8-3-1-2-4-9(8)15-10/h1-4,13H,5-7H2. The highest BCUT2D eigenvalue weighted by molar-refractivity contribution is 7.18. The lowest BCUT2D eigenvalue weighted by Crippen LogP contribution is -2.49. The highest BCUT2D eigenvalue weighted by Crippen LogP contribution is 2.36. The molecule has 0 saturated carbocycles. The van der Waals surface area contributed by atoms with Crippen LogP contribution in [-0.2, 0) is 10.2 Å². The molecule has 0 bridgehead atoms. The Morgan fingerprint density at radius 1 is 1.40 bits per heavy atom. The Morgan fingerprint density at radius 3 is 2.80 bits per heavy atom. The summed E-state index contributed by atoms with van der Waals surface area (Å²) < 4.78 is 6.36. The van der Waals surface area contributed by atoms with Crippen LogP contribution in [0.1, 0.15) is 5.01 Å². The topological polar surface area (TPSA) is 42.4 Å². The van der Waals surface area contributed by atoms with Gasteiger partial charge in [0.25, 0.3) is 0 Å². The number of hydrogen-bond donors (Lipinski definition) is 1. The van der Waals surface area contributed by atoms with E-state index >= 15 is 0 Å². The molecule has 3 rings (SSSR count). The Balaban J connectivity index is 2.11. The third kappa shape index (κ3) is 1.29. The molecule has 78 valence electrons. The van der Waals surface area contributed by atoms with Gasteiger partial charge in [0.2, 0.25) is 0 Å². The van der Waals surface area contributed by atoms with Crippen LogP contribution in [0.25, 0.3) is 10.2 Å². The first kappa shape index (κ1) is 9.27. The van der Waals surface area contributed by atoms with Gasteiger partial charge in [0.05, 0.1) is 35.5 Å². The van der Waals surface area contributed by atoms with Crippen molar-refractivity contribution in [1.82, 2.24) is 4.98 Å². The van der Waals surface area contributed by atoms with Crippen molar-refractivity contribution >= 4 is 21.6 Å². The first-order chi connectivity index (χ1) is 7.34. The minimum atomic E-state index is -0.232. The molecule has 2 heterocycles. The molecule has 2 aromatic rings. The van der Waals surface area contributed by atoms with Crippen LogP contribution in [0.15, 0.2) is 24.3 Å². The fourth-order valence-electron chi connectivity index (χ4n) is 1.73. The molecule has 0 unspecified atom stereocenters. The molecule has 1 aliphatic rings. The summed E-state index contributed by atoms with van der Waals surface area (Å²) in [5.74, 6) is 0. The normalized spacial score (nSPS) is 19.0. The number of hydrogen-bond acceptors (Lipinski definition) is 4. The van der Waals surface area contributed by atoms with Gasteiger partial charge in [0.1, 0.15) is 5.01 Å². The first-order valence-corrected chi connectivity index (χ1v) is 5.70. The van der Waals surface area contributed by atoms with Crippen molar-refractivity contribution in [2.45, 2.75) is 5.41 Å². The maximum atomic E-state index is 9.40. The van der Waals surface area contributed by atoms with E-state index in [1.807, 2.05) is 18.2 Å². The summed E-state index contributed by atoms with van der Waals surface area (Å²) in [6, 6.07) is 8.04. The van der Waals surface area contributed by atoms with E-state index in [0.29, 0.717) is 13.2 Å². The number of aliphatic hydroxyl groups excluding tert-OH is 1. The molecule has 1 aromatic carbocycles. The van der Waals surface area contributed by atoms with Gasteiger partial charge in [-0.25, -0.2) is 4.98 Å². The van der Waals surface area contributed by atoms with Crippen LogP contribution in [0.4, 0.5) is 0 Å². The number of ether oxygens (including phenoxy) is 1. The van der Waals surface area contributed by atoms with E-state index < -0.39 is 0 Å². The van der Waals surface area contributed by atoms with Crippen molar-refractivity contribution in [3.63, 3.8) is 0 Å². The van der Waals surface area contributed by atoms with E-state index in [0.717, 1.165) is 10.5 Å². The summed E-state index contributed by atoms with van der Waals surface area (Å²) >= 11 is 1.65. The zero-order valence-electron chi connectivity index (χ0n) is 8.14. The van der Waals surface area contributed by atoms with Gasteiger partial charge < -0.3 is 9.84 Å².